The third-order valence-electron chi connectivity index (χ3n) is 18.2. The highest BCUT2D eigenvalue weighted by Crippen LogP contribution is 2.45. The molecule has 0 bridgehead atoms. The van der Waals surface area contributed by atoms with Crippen LogP contribution in [0, 0.1) is 11.8 Å². The quantitative estimate of drug-likeness (QED) is 0.0222. The highest BCUT2D eigenvalue weighted by molar-refractivity contribution is 7.47. The number of esters is 4. The summed E-state index contributed by atoms with van der Waals surface area (Å²) in [5, 5.41) is 10.6. The van der Waals surface area contributed by atoms with Gasteiger partial charge in [-0.25, -0.2) is 9.13 Å². The summed E-state index contributed by atoms with van der Waals surface area (Å²) in [7, 11) is -9.92. The Morgan fingerprint density at radius 2 is 0.474 bits per heavy atom. The Kier molecular flexibility index (Phi) is 68.4. The maximum Gasteiger partial charge on any atom is 0.472 e. The van der Waals surface area contributed by atoms with Crippen molar-refractivity contribution in [2.24, 2.45) is 11.8 Å². The molecule has 17 nitrogen and oxygen atoms in total. The van der Waals surface area contributed by atoms with E-state index in [0.29, 0.717) is 25.7 Å². The van der Waals surface area contributed by atoms with Crippen LogP contribution in [0.2, 0.25) is 0 Å². The minimum absolute atomic E-state index is 0.108. The maximum atomic E-state index is 13.1. The predicted octanol–water partition coefficient (Wildman–Crippen LogP) is 23.1. The SMILES string of the molecule is CCCCCCCCCCCCCCCCC(=O)O[C@H](COC(=O)CCCCCCCCCCCCCC)COP(=O)(O)OC[C@H](O)COP(=O)(O)OC[C@@H](COC(=O)CCCCCCCCCCCCCC(C)C)OC(=O)CCCCCCCCCCCCCCCCC(C)C. The second-order valence-corrected chi connectivity index (χ2v) is 32.0. The summed E-state index contributed by atoms with van der Waals surface area (Å²) in [5.74, 6) is -0.543. The van der Waals surface area contributed by atoms with Gasteiger partial charge in [0.1, 0.15) is 19.3 Å². The molecule has 0 amide bonds. The van der Waals surface area contributed by atoms with Crippen molar-refractivity contribution in [3.63, 3.8) is 0 Å². The number of hydrogen-bond acceptors (Lipinski definition) is 15. The largest absolute Gasteiger partial charge is 0.472 e. The van der Waals surface area contributed by atoms with Crippen LogP contribution in [-0.4, -0.2) is 96.7 Å². The summed E-state index contributed by atoms with van der Waals surface area (Å²) in [6.45, 7) is 9.65. The fourth-order valence-corrected chi connectivity index (χ4v) is 13.6. The van der Waals surface area contributed by atoms with Gasteiger partial charge < -0.3 is 33.8 Å². The van der Waals surface area contributed by atoms with E-state index in [1.165, 1.54) is 225 Å². The molecule has 0 spiro atoms. The van der Waals surface area contributed by atoms with Crippen molar-refractivity contribution in [2.75, 3.05) is 39.6 Å². The van der Waals surface area contributed by atoms with Crippen LogP contribution >= 0.6 is 15.6 Å². The number of phosphoric acid groups is 2. The van der Waals surface area contributed by atoms with Crippen LogP contribution in [0.5, 0.6) is 0 Å². The molecule has 0 aliphatic carbocycles. The van der Waals surface area contributed by atoms with E-state index < -0.39 is 97.5 Å². The Labute approximate surface area is 594 Å². The van der Waals surface area contributed by atoms with Gasteiger partial charge in [0.15, 0.2) is 12.2 Å². The summed E-state index contributed by atoms with van der Waals surface area (Å²) < 4.78 is 68.6. The molecule has 0 aliphatic rings. The molecule has 0 aromatic carbocycles. The number of aliphatic hydroxyl groups is 1. The summed E-state index contributed by atoms with van der Waals surface area (Å²) in [6.07, 6.45) is 58.0. The number of carbonyl (C=O) groups excluding carboxylic acids is 4. The Morgan fingerprint density at radius 1 is 0.278 bits per heavy atom. The lowest BCUT2D eigenvalue weighted by Crippen LogP contribution is -2.30. The third kappa shape index (κ3) is 72.2. The molecule has 0 saturated heterocycles. The van der Waals surface area contributed by atoms with Gasteiger partial charge >= 0.3 is 39.5 Å². The van der Waals surface area contributed by atoms with Gasteiger partial charge in [-0.3, -0.25) is 37.3 Å². The number of unbranched alkanes of at least 4 members (excludes halogenated alkanes) is 47. The number of ether oxygens (including phenoxy) is 4. The number of rotatable bonds is 77. The van der Waals surface area contributed by atoms with E-state index in [9.17, 15) is 43.2 Å². The van der Waals surface area contributed by atoms with Crippen molar-refractivity contribution in [3.05, 3.63) is 0 Å². The zero-order valence-electron chi connectivity index (χ0n) is 63.4. The molecule has 0 aromatic rings. The lowest BCUT2D eigenvalue weighted by atomic mass is 10.0. The lowest BCUT2D eigenvalue weighted by molar-refractivity contribution is -0.161. The van der Waals surface area contributed by atoms with Gasteiger partial charge in [-0.1, -0.05) is 356 Å². The second kappa shape index (κ2) is 69.8. The molecular formula is C78H152O17P2. The summed E-state index contributed by atoms with van der Waals surface area (Å²) in [5.41, 5.74) is 0. The molecule has 0 radical (unpaired) electrons. The van der Waals surface area contributed by atoms with Crippen LogP contribution in [0.15, 0.2) is 0 Å². The Morgan fingerprint density at radius 3 is 0.701 bits per heavy atom. The van der Waals surface area contributed by atoms with E-state index in [0.717, 1.165) is 102 Å². The molecule has 0 heterocycles. The summed E-state index contributed by atoms with van der Waals surface area (Å²) in [6, 6.07) is 0. The molecule has 19 heteroatoms. The Bertz CT molecular complexity index is 1870. The molecule has 0 saturated carbocycles. The average molecular weight is 1420 g/mol. The topological polar surface area (TPSA) is 237 Å². The number of aliphatic hydroxyl groups excluding tert-OH is 1. The first-order chi connectivity index (χ1) is 46.9. The summed E-state index contributed by atoms with van der Waals surface area (Å²) >= 11 is 0. The van der Waals surface area contributed by atoms with E-state index in [-0.39, 0.29) is 25.7 Å². The molecular weight excluding hydrogens is 1270 g/mol. The highest BCUT2D eigenvalue weighted by Gasteiger charge is 2.30. The maximum absolute atomic E-state index is 13.1. The average Bonchev–Trinajstić information content (AvgIpc) is 1.01. The molecule has 3 N–H and O–H groups in total. The van der Waals surface area contributed by atoms with Crippen molar-refractivity contribution >= 4 is 39.5 Å². The van der Waals surface area contributed by atoms with Gasteiger partial charge in [-0.15, -0.1) is 0 Å². The van der Waals surface area contributed by atoms with Crippen molar-refractivity contribution in [1.82, 2.24) is 0 Å². The molecule has 0 aromatic heterocycles. The van der Waals surface area contributed by atoms with Crippen molar-refractivity contribution < 1.29 is 80.2 Å². The van der Waals surface area contributed by atoms with Gasteiger partial charge in [0.05, 0.1) is 26.4 Å². The van der Waals surface area contributed by atoms with E-state index >= 15 is 0 Å². The van der Waals surface area contributed by atoms with E-state index in [1.807, 2.05) is 0 Å². The van der Waals surface area contributed by atoms with Crippen LogP contribution in [0.4, 0.5) is 0 Å². The van der Waals surface area contributed by atoms with Crippen LogP contribution in [0.3, 0.4) is 0 Å². The van der Waals surface area contributed by atoms with Gasteiger partial charge in [-0.05, 0) is 37.5 Å². The number of phosphoric ester groups is 2. The minimum Gasteiger partial charge on any atom is -0.462 e. The molecule has 0 rings (SSSR count). The molecule has 97 heavy (non-hydrogen) atoms. The van der Waals surface area contributed by atoms with Crippen LogP contribution in [-0.2, 0) is 65.4 Å². The molecule has 576 valence electrons. The monoisotopic (exact) mass is 1420 g/mol. The standard InChI is InChI=1S/C78H152O17P2/c1-7-9-11-13-15-17-19-21-25-31-38-44-50-56-62-77(82)94-73(66-88-75(80)60-54-48-42-36-30-20-18-16-14-12-10-8-2)68-92-96(84,85)90-64-72(79)65-91-97(86,87)93-69-74(67-89-76(81)61-55-49-43-37-33-27-29-35-41-47-53-59-71(5)6)95-78(83)63-57-51-45-39-32-26-23-22-24-28-34-40-46-52-58-70(3)4/h70-74,79H,7-69H2,1-6H3,(H,84,85)(H,86,87)/t72-,73+,74+/m0/s1. The van der Waals surface area contributed by atoms with Crippen LogP contribution in [0.1, 0.15) is 408 Å². The first-order valence-corrected chi connectivity index (χ1v) is 43.5. The highest BCUT2D eigenvalue weighted by atomic mass is 31.2. The fraction of sp³-hybridized carbons (Fsp3) is 0.949. The van der Waals surface area contributed by atoms with Gasteiger partial charge in [0, 0.05) is 25.7 Å². The minimum atomic E-state index is -4.96. The van der Waals surface area contributed by atoms with Crippen molar-refractivity contribution in [3.8, 4) is 0 Å². The predicted molar refractivity (Wildman–Crippen MR) is 395 cm³/mol. The molecule has 0 aliphatic heterocycles. The van der Waals surface area contributed by atoms with Crippen molar-refractivity contribution in [1.29, 1.82) is 0 Å². The van der Waals surface area contributed by atoms with Crippen LogP contribution in [0.25, 0.3) is 0 Å². The molecule has 2 unspecified atom stereocenters. The third-order valence-corrected chi connectivity index (χ3v) is 20.1. The second-order valence-electron chi connectivity index (χ2n) is 29.1. The van der Waals surface area contributed by atoms with E-state index in [1.54, 1.807) is 0 Å². The first kappa shape index (κ1) is 95.1. The summed E-state index contributed by atoms with van der Waals surface area (Å²) in [4.78, 5) is 72.9. The van der Waals surface area contributed by atoms with Gasteiger partial charge in [-0.2, -0.15) is 0 Å². The molecule has 5 atom stereocenters. The number of carbonyl (C=O) groups is 4. The zero-order chi connectivity index (χ0) is 71.4. The van der Waals surface area contributed by atoms with Crippen molar-refractivity contribution in [2.45, 2.75) is 426 Å². The Hall–Kier alpha value is -1.94. The van der Waals surface area contributed by atoms with E-state index in [2.05, 4.69) is 41.5 Å². The Balaban J connectivity index is 5.26. The van der Waals surface area contributed by atoms with Gasteiger partial charge in [0.25, 0.3) is 0 Å². The van der Waals surface area contributed by atoms with Crippen LogP contribution < -0.4 is 0 Å². The first-order valence-electron chi connectivity index (χ1n) is 40.5. The normalized spacial score (nSPS) is 14.0. The smallest absolute Gasteiger partial charge is 0.462 e. The van der Waals surface area contributed by atoms with E-state index in [4.69, 9.17) is 37.0 Å². The fourth-order valence-electron chi connectivity index (χ4n) is 12.0. The zero-order valence-corrected chi connectivity index (χ0v) is 65.2. The number of hydrogen-bond donors (Lipinski definition) is 3. The lowest BCUT2D eigenvalue weighted by Gasteiger charge is -2.21. The molecule has 0 fully saturated rings. The van der Waals surface area contributed by atoms with Gasteiger partial charge in [0.2, 0.25) is 0 Å².